The number of carbonyl (C=O) groups is 1. The SMILES string of the molecule is O=C(Nc1cnc(-c2ccc(-c3cnc4cc(Cl)ccc4n3)cc2)cn1)C(F)(F)F. The summed E-state index contributed by atoms with van der Waals surface area (Å²) >= 11 is 5.96. The Morgan fingerprint density at radius 2 is 1.50 bits per heavy atom. The Hall–Kier alpha value is -3.59. The van der Waals surface area contributed by atoms with Crippen molar-refractivity contribution < 1.29 is 18.0 Å². The highest BCUT2D eigenvalue weighted by molar-refractivity contribution is 6.31. The van der Waals surface area contributed by atoms with Crippen LogP contribution in [0.5, 0.6) is 0 Å². The molecule has 0 fully saturated rings. The molecule has 2 aromatic heterocycles. The van der Waals surface area contributed by atoms with Crippen LogP contribution in [0, 0.1) is 0 Å². The summed E-state index contributed by atoms with van der Waals surface area (Å²) < 4.78 is 36.9. The first kappa shape index (κ1) is 19.7. The molecule has 0 saturated carbocycles. The molecule has 0 atom stereocenters. The number of alkyl halides is 3. The first-order valence-corrected chi connectivity index (χ1v) is 8.91. The second kappa shape index (κ2) is 7.68. The average Bonchev–Trinajstić information content (AvgIpc) is 2.73. The van der Waals surface area contributed by atoms with E-state index in [0.717, 1.165) is 11.8 Å². The number of nitrogens with one attached hydrogen (secondary N) is 1. The van der Waals surface area contributed by atoms with Gasteiger partial charge in [0.05, 0.1) is 41.0 Å². The number of benzene rings is 2. The van der Waals surface area contributed by atoms with E-state index in [9.17, 15) is 18.0 Å². The average molecular weight is 430 g/mol. The van der Waals surface area contributed by atoms with Gasteiger partial charge in [0, 0.05) is 16.1 Å². The second-order valence-corrected chi connectivity index (χ2v) is 6.64. The maximum Gasteiger partial charge on any atom is 0.471 e. The van der Waals surface area contributed by atoms with Crippen molar-refractivity contribution in [3.63, 3.8) is 0 Å². The molecular formula is C20H11ClF3N5O. The minimum Gasteiger partial charge on any atom is -0.302 e. The van der Waals surface area contributed by atoms with Crippen LogP contribution in [0.4, 0.5) is 19.0 Å². The van der Waals surface area contributed by atoms with Gasteiger partial charge in [0.1, 0.15) is 0 Å². The largest absolute Gasteiger partial charge is 0.471 e. The Kier molecular flexibility index (Phi) is 5.04. The van der Waals surface area contributed by atoms with E-state index in [0.29, 0.717) is 33.0 Å². The Balaban J connectivity index is 1.53. The summed E-state index contributed by atoms with van der Waals surface area (Å²) in [5, 5.41) is 2.23. The van der Waals surface area contributed by atoms with E-state index in [2.05, 4.69) is 19.9 Å². The number of fused-ring (bicyclic) bond motifs is 1. The number of aromatic nitrogens is 4. The molecule has 0 radical (unpaired) electrons. The molecule has 4 rings (SSSR count). The fourth-order valence-electron chi connectivity index (χ4n) is 2.66. The summed E-state index contributed by atoms with van der Waals surface area (Å²) in [7, 11) is 0. The fourth-order valence-corrected chi connectivity index (χ4v) is 2.83. The number of anilines is 1. The molecule has 30 heavy (non-hydrogen) atoms. The Bertz CT molecular complexity index is 1230. The van der Waals surface area contributed by atoms with E-state index in [1.165, 1.54) is 6.20 Å². The number of nitrogens with zero attached hydrogens (tertiary/aromatic N) is 4. The predicted octanol–water partition coefficient (Wildman–Crippen LogP) is 4.91. The first-order valence-electron chi connectivity index (χ1n) is 8.53. The lowest BCUT2D eigenvalue weighted by molar-refractivity contribution is -0.167. The van der Waals surface area contributed by atoms with Crippen LogP contribution in [-0.4, -0.2) is 32.0 Å². The van der Waals surface area contributed by atoms with Gasteiger partial charge in [0.2, 0.25) is 0 Å². The van der Waals surface area contributed by atoms with Crippen LogP contribution in [0.25, 0.3) is 33.5 Å². The number of carbonyl (C=O) groups excluding carboxylic acids is 1. The molecular weight excluding hydrogens is 419 g/mol. The van der Waals surface area contributed by atoms with E-state index in [1.54, 1.807) is 41.8 Å². The van der Waals surface area contributed by atoms with E-state index < -0.39 is 12.1 Å². The van der Waals surface area contributed by atoms with Crippen molar-refractivity contribution in [2.24, 2.45) is 0 Å². The highest BCUT2D eigenvalue weighted by atomic mass is 35.5. The minimum atomic E-state index is -4.99. The van der Waals surface area contributed by atoms with Crippen molar-refractivity contribution in [1.82, 2.24) is 19.9 Å². The Morgan fingerprint density at radius 3 is 2.13 bits per heavy atom. The highest BCUT2D eigenvalue weighted by Gasteiger charge is 2.38. The zero-order chi connectivity index (χ0) is 21.3. The van der Waals surface area contributed by atoms with Crippen molar-refractivity contribution in [3.8, 4) is 22.5 Å². The summed E-state index contributed by atoms with van der Waals surface area (Å²) in [6.45, 7) is 0. The molecule has 0 aliphatic carbocycles. The fraction of sp³-hybridized carbons (Fsp3) is 0.0500. The van der Waals surface area contributed by atoms with Crippen molar-refractivity contribution in [3.05, 3.63) is 66.1 Å². The molecule has 10 heteroatoms. The van der Waals surface area contributed by atoms with Crippen LogP contribution in [-0.2, 0) is 4.79 Å². The molecule has 1 amide bonds. The second-order valence-electron chi connectivity index (χ2n) is 6.20. The van der Waals surface area contributed by atoms with E-state index in [4.69, 9.17) is 11.6 Å². The van der Waals surface area contributed by atoms with Gasteiger partial charge in [0.25, 0.3) is 0 Å². The summed E-state index contributed by atoms with van der Waals surface area (Å²) in [5.41, 5.74) is 4.03. The summed E-state index contributed by atoms with van der Waals surface area (Å²) in [6, 6.07) is 12.5. The zero-order valence-electron chi connectivity index (χ0n) is 15.0. The van der Waals surface area contributed by atoms with Crippen LogP contribution in [0.2, 0.25) is 5.02 Å². The molecule has 6 nitrogen and oxygen atoms in total. The van der Waals surface area contributed by atoms with Gasteiger partial charge < -0.3 is 5.32 Å². The van der Waals surface area contributed by atoms with Gasteiger partial charge in [-0.3, -0.25) is 14.8 Å². The molecule has 0 spiro atoms. The maximum absolute atomic E-state index is 12.3. The number of hydrogen-bond donors (Lipinski definition) is 1. The highest BCUT2D eigenvalue weighted by Crippen LogP contribution is 2.25. The molecule has 1 N–H and O–H groups in total. The lowest BCUT2D eigenvalue weighted by atomic mass is 10.1. The first-order chi connectivity index (χ1) is 14.3. The lowest BCUT2D eigenvalue weighted by Gasteiger charge is -2.08. The molecule has 4 aromatic rings. The zero-order valence-corrected chi connectivity index (χ0v) is 15.7. The van der Waals surface area contributed by atoms with Crippen LogP contribution in [0.1, 0.15) is 0 Å². The number of rotatable bonds is 3. The van der Waals surface area contributed by atoms with Crippen LogP contribution in [0.3, 0.4) is 0 Å². The minimum absolute atomic E-state index is 0.288. The predicted molar refractivity (Wildman–Crippen MR) is 106 cm³/mol. The van der Waals surface area contributed by atoms with E-state index >= 15 is 0 Å². The molecule has 150 valence electrons. The molecule has 0 aliphatic heterocycles. The molecule has 2 heterocycles. The normalized spacial score (nSPS) is 11.5. The van der Waals surface area contributed by atoms with Crippen molar-refractivity contribution >= 4 is 34.4 Å². The smallest absolute Gasteiger partial charge is 0.302 e. The van der Waals surface area contributed by atoms with Crippen LogP contribution < -0.4 is 5.32 Å². The van der Waals surface area contributed by atoms with Crippen LogP contribution in [0.15, 0.2) is 61.1 Å². The quantitative estimate of drug-likeness (QED) is 0.500. The lowest BCUT2D eigenvalue weighted by Crippen LogP contribution is -2.30. The van der Waals surface area contributed by atoms with Gasteiger partial charge >= 0.3 is 12.1 Å². The Labute approximate surface area is 172 Å². The topological polar surface area (TPSA) is 80.7 Å². The number of hydrogen-bond acceptors (Lipinski definition) is 5. The van der Waals surface area contributed by atoms with Gasteiger partial charge in [-0.25, -0.2) is 9.97 Å². The van der Waals surface area contributed by atoms with Crippen molar-refractivity contribution in [1.29, 1.82) is 0 Å². The summed E-state index contributed by atoms with van der Waals surface area (Å²) in [4.78, 5) is 27.7. The number of halogens is 4. The van der Waals surface area contributed by atoms with Gasteiger partial charge in [-0.05, 0) is 18.2 Å². The molecule has 0 saturated heterocycles. The standard InChI is InChI=1S/C20H11ClF3N5O/c21-13-5-6-14-15(7-13)25-9-17(28-14)12-3-1-11(2-4-12)16-8-27-18(10-26-16)29-19(30)20(22,23)24/h1-10H,(H,27,29,30). The molecule has 2 aromatic carbocycles. The van der Waals surface area contributed by atoms with Gasteiger partial charge in [-0.1, -0.05) is 35.9 Å². The van der Waals surface area contributed by atoms with Gasteiger partial charge in [0.15, 0.2) is 5.82 Å². The third-order valence-electron chi connectivity index (χ3n) is 4.13. The molecule has 0 aliphatic rings. The maximum atomic E-state index is 12.3. The third kappa shape index (κ3) is 4.20. The van der Waals surface area contributed by atoms with Gasteiger partial charge in [-0.15, -0.1) is 0 Å². The van der Waals surface area contributed by atoms with Crippen LogP contribution >= 0.6 is 11.6 Å². The van der Waals surface area contributed by atoms with E-state index in [1.807, 2.05) is 12.1 Å². The molecule has 0 unspecified atom stereocenters. The van der Waals surface area contributed by atoms with Crippen molar-refractivity contribution in [2.45, 2.75) is 6.18 Å². The monoisotopic (exact) mass is 429 g/mol. The summed E-state index contributed by atoms with van der Waals surface area (Å²) in [6.07, 6.45) is -1.01. The van der Waals surface area contributed by atoms with E-state index in [-0.39, 0.29) is 5.82 Å². The third-order valence-corrected chi connectivity index (χ3v) is 4.37. The summed E-state index contributed by atoms with van der Waals surface area (Å²) in [5.74, 6) is -2.39. The number of amides is 1. The van der Waals surface area contributed by atoms with Gasteiger partial charge in [-0.2, -0.15) is 13.2 Å². The Morgan fingerprint density at radius 1 is 0.833 bits per heavy atom. The van der Waals surface area contributed by atoms with Crippen molar-refractivity contribution in [2.75, 3.05) is 5.32 Å². The molecule has 0 bridgehead atoms.